The van der Waals surface area contributed by atoms with Crippen LogP contribution in [0.3, 0.4) is 0 Å². The Balaban J connectivity index is 1.72. The molecule has 0 bridgehead atoms. The molecule has 1 aliphatic carbocycles. The number of ketones is 1. The summed E-state index contributed by atoms with van der Waals surface area (Å²) in [5.74, 6) is 0.204. The molecular weight excluding hydrogens is 328 g/mol. The van der Waals surface area contributed by atoms with E-state index in [2.05, 4.69) is 0 Å². The number of carbonyl (C=O) groups is 1. The SMILES string of the molecule is C[C@@H](C(=O)C1CCOC1)S(=O)(=O)Cc1occc1C1CCCCC1. The maximum Gasteiger partial charge on any atom is 0.167 e. The van der Waals surface area contributed by atoms with Gasteiger partial charge in [0.15, 0.2) is 15.6 Å². The molecule has 0 radical (unpaired) electrons. The van der Waals surface area contributed by atoms with E-state index in [1.165, 1.54) is 26.2 Å². The molecule has 1 saturated carbocycles. The van der Waals surface area contributed by atoms with Gasteiger partial charge in [0.1, 0.15) is 16.8 Å². The average Bonchev–Trinajstić information content (AvgIpc) is 3.25. The normalized spacial score (nSPS) is 24.1. The molecular formula is C18H26O5S. The molecule has 2 atom stereocenters. The molecule has 2 fully saturated rings. The van der Waals surface area contributed by atoms with Crippen molar-refractivity contribution in [1.29, 1.82) is 0 Å². The van der Waals surface area contributed by atoms with Crippen molar-refractivity contribution in [3.05, 3.63) is 23.7 Å². The van der Waals surface area contributed by atoms with Crippen molar-refractivity contribution in [3.63, 3.8) is 0 Å². The Morgan fingerprint density at radius 2 is 2.00 bits per heavy atom. The fraction of sp³-hybridized carbons (Fsp3) is 0.722. The van der Waals surface area contributed by atoms with Crippen LogP contribution in [0.4, 0.5) is 0 Å². The maximum atomic E-state index is 12.7. The number of hydrogen-bond acceptors (Lipinski definition) is 5. The van der Waals surface area contributed by atoms with Gasteiger partial charge in [0.05, 0.1) is 12.9 Å². The number of furan rings is 1. The number of ether oxygens (including phenoxy) is 1. The van der Waals surface area contributed by atoms with Crippen LogP contribution in [-0.4, -0.2) is 32.7 Å². The van der Waals surface area contributed by atoms with E-state index < -0.39 is 15.1 Å². The summed E-state index contributed by atoms with van der Waals surface area (Å²) in [6.07, 6.45) is 7.97. The summed E-state index contributed by atoms with van der Waals surface area (Å²) in [5.41, 5.74) is 1.02. The minimum Gasteiger partial charge on any atom is -0.468 e. The van der Waals surface area contributed by atoms with Gasteiger partial charge in [0.2, 0.25) is 0 Å². The van der Waals surface area contributed by atoms with Gasteiger partial charge in [-0.1, -0.05) is 19.3 Å². The lowest BCUT2D eigenvalue weighted by molar-refractivity contribution is -0.122. The second-order valence-corrected chi connectivity index (χ2v) is 9.37. The number of hydrogen-bond donors (Lipinski definition) is 0. The fourth-order valence-electron chi connectivity index (χ4n) is 3.82. The van der Waals surface area contributed by atoms with Crippen molar-refractivity contribution < 1.29 is 22.4 Å². The van der Waals surface area contributed by atoms with E-state index >= 15 is 0 Å². The van der Waals surface area contributed by atoms with Crippen LogP contribution in [0.5, 0.6) is 0 Å². The molecule has 2 heterocycles. The number of sulfone groups is 1. The zero-order valence-electron chi connectivity index (χ0n) is 14.2. The highest BCUT2D eigenvalue weighted by molar-refractivity contribution is 7.92. The molecule has 0 spiro atoms. The van der Waals surface area contributed by atoms with Crippen LogP contribution >= 0.6 is 0 Å². The highest BCUT2D eigenvalue weighted by atomic mass is 32.2. The Labute approximate surface area is 143 Å². The van der Waals surface area contributed by atoms with E-state index in [4.69, 9.17) is 9.15 Å². The van der Waals surface area contributed by atoms with Crippen LogP contribution in [0.15, 0.2) is 16.7 Å². The zero-order chi connectivity index (χ0) is 17.2. The monoisotopic (exact) mass is 354 g/mol. The third kappa shape index (κ3) is 3.75. The first-order chi connectivity index (χ1) is 11.5. The van der Waals surface area contributed by atoms with Gasteiger partial charge < -0.3 is 9.15 Å². The zero-order valence-corrected chi connectivity index (χ0v) is 15.0. The first-order valence-corrected chi connectivity index (χ1v) is 10.6. The van der Waals surface area contributed by atoms with E-state index in [1.807, 2.05) is 6.07 Å². The Morgan fingerprint density at radius 1 is 1.25 bits per heavy atom. The Kier molecular flexibility index (Phi) is 5.45. The summed E-state index contributed by atoms with van der Waals surface area (Å²) in [6, 6.07) is 1.90. The van der Waals surface area contributed by atoms with Crippen molar-refractivity contribution in [1.82, 2.24) is 0 Å². The summed E-state index contributed by atoms with van der Waals surface area (Å²) >= 11 is 0. The number of carbonyl (C=O) groups excluding carboxylic acids is 1. The highest BCUT2D eigenvalue weighted by Crippen LogP contribution is 2.36. The van der Waals surface area contributed by atoms with Gasteiger partial charge in [-0.2, -0.15) is 0 Å². The lowest BCUT2D eigenvalue weighted by atomic mass is 9.84. The summed E-state index contributed by atoms with van der Waals surface area (Å²) in [4.78, 5) is 12.4. The summed E-state index contributed by atoms with van der Waals surface area (Å²) in [6.45, 7) is 2.37. The third-order valence-electron chi connectivity index (χ3n) is 5.43. The van der Waals surface area contributed by atoms with Gasteiger partial charge in [-0.15, -0.1) is 0 Å². The molecule has 5 nitrogen and oxygen atoms in total. The minimum atomic E-state index is -3.58. The lowest BCUT2D eigenvalue weighted by Crippen LogP contribution is -2.34. The molecule has 0 aromatic carbocycles. The topological polar surface area (TPSA) is 73.6 Å². The summed E-state index contributed by atoms with van der Waals surface area (Å²) in [5, 5.41) is -1.01. The largest absolute Gasteiger partial charge is 0.468 e. The van der Waals surface area contributed by atoms with Crippen LogP contribution in [0.2, 0.25) is 0 Å². The van der Waals surface area contributed by atoms with Crippen LogP contribution < -0.4 is 0 Å². The van der Waals surface area contributed by atoms with Crippen molar-refractivity contribution in [2.24, 2.45) is 5.92 Å². The van der Waals surface area contributed by atoms with Gasteiger partial charge in [-0.25, -0.2) is 8.42 Å². The Hall–Kier alpha value is -1.14. The third-order valence-corrected chi connectivity index (χ3v) is 7.40. The van der Waals surface area contributed by atoms with Crippen LogP contribution in [0, 0.1) is 5.92 Å². The molecule has 1 saturated heterocycles. The first kappa shape index (κ1) is 17.7. The molecule has 3 rings (SSSR count). The van der Waals surface area contributed by atoms with Crippen LogP contribution in [0.25, 0.3) is 0 Å². The predicted octanol–water partition coefficient (Wildman–Crippen LogP) is 3.24. The van der Waals surface area contributed by atoms with Crippen molar-refractivity contribution in [2.75, 3.05) is 13.2 Å². The molecule has 0 N–H and O–H groups in total. The molecule has 24 heavy (non-hydrogen) atoms. The van der Waals surface area contributed by atoms with Crippen molar-refractivity contribution in [2.45, 2.75) is 62.4 Å². The van der Waals surface area contributed by atoms with Crippen molar-refractivity contribution >= 4 is 15.6 Å². The number of rotatable bonds is 6. The predicted molar refractivity (Wildman–Crippen MR) is 90.6 cm³/mol. The Bertz CT molecular complexity index is 663. The van der Waals surface area contributed by atoms with E-state index in [1.54, 1.807) is 6.26 Å². The van der Waals surface area contributed by atoms with E-state index in [0.717, 1.165) is 18.4 Å². The number of Topliss-reactive ketones (excluding diaryl/α,β-unsaturated/α-hetero) is 1. The Morgan fingerprint density at radius 3 is 2.67 bits per heavy atom. The van der Waals surface area contributed by atoms with Crippen LogP contribution in [0.1, 0.15) is 62.7 Å². The highest BCUT2D eigenvalue weighted by Gasteiger charge is 2.36. The van der Waals surface area contributed by atoms with E-state index in [9.17, 15) is 13.2 Å². The second-order valence-electron chi connectivity index (χ2n) is 7.05. The van der Waals surface area contributed by atoms with Gasteiger partial charge in [0, 0.05) is 12.5 Å². The van der Waals surface area contributed by atoms with E-state index in [-0.39, 0.29) is 17.5 Å². The van der Waals surface area contributed by atoms with Crippen molar-refractivity contribution in [3.8, 4) is 0 Å². The second kappa shape index (κ2) is 7.40. The summed E-state index contributed by atoms with van der Waals surface area (Å²) in [7, 11) is -3.58. The molecule has 6 heteroatoms. The maximum absolute atomic E-state index is 12.7. The van der Waals surface area contributed by atoms with Gasteiger partial charge in [-0.3, -0.25) is 4.79 Å². The molecule has 134 valence electrons. The smallest absolute Gasteiger partial charge is 0.167 e. The fourth-order valence-corrected chi connectivity index (χ4v) is 5.22. The van der Waals surface area contributed by atoms with Crippen LogP contribution in [-0.2, 0) is 25.1 Å². The quantitative estimate of drug-likeness (QED) is 0.784. The molecule has 1 aliphatic heterocycles. The molecule has 2 aliphatic rings. The lowest BCUT2D eigenvalue weighted by Gasteiger charge is -2.22. The van der Waals surface area contributed by atoms with E-state index in [0.29, 0.717) is 31.3 Å². The standard InChI is InChI=1S/C18H26O5S/c1-13(18(19)15-7-9-22-11-15)24(20,21)12-17-16(8-10-23-17)14-5-3-2-4-6-14/h8,10,13-15H,2-7,9,11-12H2,1H3/t13-,15?/m0/s1. The first-order valence-electron chi connectivity index (χ1n) is 8.88. The van der Waals surface area contributed by atoms with Gasteiger partial charge >= 0.3 is 0 Å². The minimum absolute atomic E-state index is 0.188. The average molecular weight is 354 g/mol. The van der Waals surface area contributed by atoms with Gasteiger partial charge in [-0.05, 0) is 43.7 Å². The molecule has 0 amide bonds. The molecule has 1 aromatic rings. The summed E-state index contributed by atoms with van der Waals surface area (Å²) < 4.78 is 36.1. The van der Waals surface area contributed by atoms with Gasteiger partial charge in [0.25, 0.3) is 0 Å². The molecule has 1 unspecified atom stereocenters. The molecule has 1 aromatic heterocycles.